The Morgan fingerprint density at radius 2 is 0.981 bits per heavy atom. The van der Waals surface area contributed by atoms with Crippen LogP contribution in [0.5, 0.6) is 0 Å². The molecule has 6 aliphatic rings. The van der Waals surface area contributed by atoms with Crippen LogP contribution in [-0.2, 0) is 62.8 Å². The summed E-state index contributed by atoms with van der Waals surface area (Å²) >= 11 is 0. The van der Waals surface area contributed by atoms with Gasteiger partial charge in [-0.05, 0) is 140 Å². The maximum Gasteiger partial charge on any atom is 0.315 e. The summed E-state index contributed by atoms with van der Waals surface area (Å²) < 4.78 is 65.2. The number of terminal acetylenes is 2. The van der Waals surface area contributed by atoms with Crippen molar-refractivity contribution in [2.75, 3.05) is 37.7 Å². The lowest BCUT2D eigenvalue weighted by molar-refractivity contribution is -0.144. The van der Waals surface area contributed by atoms with Crippen molar-refractivity contribution in [1.29, 1.82) is 0 Å². The Kier molecular flexibility index (Phi) is 39.1. The van der Waals surface area contributed by atoms with E-state index in [0.29, 0.717) is 45.2 Å². The number of carbonyl (C=O) groups excluding carboxylic acids is 10. The minimum Gasteiger partial charge on any atom is -0.346 e. The van der Waals surface area contributed by atoms with Gasteiger partial charge in [-0.25, -0.2) is 26.4 Å². The van der Waals surface area contributed by atoms with Crippen LogP contribution in [0.2, 0.25) is 0 Å². The first-order chi connectivity index (χ1) is 46.5. The smallest absolute Gasteiger partial charge is 0.315 e. The SMILES string of the molecule is C#CCCC(NC(=O)[C@@H]1[C@H]2CCC[C@H]2CN1C(=O)[C@@H](N)C(C)(C)C)C(=O)C(=O)NCC=C.C#CCCC(NC(=O)[C@@H]1[C@H]2CCC[C@H]2CN1C(=O)[C@@H](NC(=O)NC1(CS(=O)(=O)C(C)(C)C)CCCCC1)C(C)(C)C)C(=O)C(=O)NCC=C.CC(C)(C)S(=O)(=O)CC1(N=C=O)CCCCC1.Cl.F.F.FF. The first kappa shape index (κ1) is 96.3. The van der Waals surface area contributed by atoms with Crippen molar-refractivity contribution in [1.82, 2.24) is 41.7 Å². The molecule has 31 heteroatoms. The minimum atomic E-state index is -3.57. The number of hydrogen-bond donors (Lipinski definition) is 7. The van der Waals surface area contributed by atoms with Gasteiger partial charge in [-0.3, -0.25) is 47.8 Å². The van der Waals surface area contributed by atoms with Crippen LogP contribution in [-0.4, -0.2) is 180 Å². The molecule has 8 N–H and O–H groups in total. The number of halogens is 5. The number of ketones is 2. The van der Waals surface area contributed by atoms with Gasteiger partial charge in [-0.1, -0.05) is 105 Å². The molecule has 4 aliphatic carbocycles. The van der Waals surface area contributed by atoms with E-state index in [1.165, 1.54) is 17.1 Å². The fourth-order valence-electron chi connectivity index (χ4n) is 14.1. The molecule has 24 nitrogen and oxygen atoms in total. The zero-order valence-corrected chi connectivity index (χ0v) is 64.8. The molecule has 8 amide bonds. The van der Waals surface area contributed by atoms with E-state index in [0.717, 1.165) is 70.6 Å². The molecule has 0 radical (unpaired) electrons. The van der Waals surface area contributed by atoms with Crippen LogP contribution in [0.3, 0.4) is 0 Å². The van der Waals surface area contributed by atoms with Crippen molar-refractivity contribution in [2.24, 2.45) is 45.2 Å². The highest BCUT2D eigenvalue weighted by molar-refractivity contribution is 7.93. The predicted octanol–water partition coefficient (Wildman–Crippen LogP) is 7.58. The third-order valence-electron chi connectivity index (χ3n) is 20.2. The van der Waals surface area contributed by atoms with Gasteiger partial charge in [0.1, 0.15) is 18.1 Å². The molecule has 0 bridgehead atoms. The molecule has 10 atom stereocenters. The highest BCUT2D eigenvalue weighted by Gasteiger charge is 2.54. The summed E-state index contributed by atoms with van der Waals surface area (Å²) in [7, 11) is -6.82. The Labute approximate surface area is 614 Å². The second kappa shape index (κ2) is 41.8. The number of nitrogens with two attached hydrogens (primary N) is 1. The van der Waals surface area contributed by atoms with Gasteiger partial charge in [0.05, 0.1) is 50.2 Å². The lowest BCUT2D eigenvalue weighted by atomic mass is 9.83. The Bertz CT molecular complexity index is 3290. The molecule has 6 fully saturated rings. The Hall–Kier alpha value is -6.72. The van der Waals surface area contributed by atoms with Crippen molar-refractivity contribution >= 4 is 91.2 Å². The number of nitrogens with one attached hydrogen (secondary N) is 6. The average molecular weight is 1520 g/mol. The van der Waals surface area contributed by atoms with E-state index in [9.17, 15) is 64.8 Å². The molecule has 103 heavy (non-hydrogen) atoms. The number of sulfone groups is 2. The number of fused-ring (bicyclic) bond motifs is 2. The van der Waals surface area contributed by atoms with E-state index in [-0.39, 0.29) is 102 Å². The van der Waals surface area contributed by atoms with Gasteiger partial charge in [0, 0.05) is 48.2 Å². The number of urea groups is 1. The summed E-state index contributed by atoms with van der Waals surface area (Å²) in [6.07, 6.45) is 28.8. The summed E-state index contributed by atoms with van der Waals surface area (Å²) in [5.74, 6) is -0.109. The quantitative estimate of drug-likeness (QED) is 0.0116. The van der Waals surface area contributed by atoms with Crippen LogP contribution in [0.25, 0.3) is 0 Å². The van der Waals surface area contributed by atoms with E-state index in [1.807, 2.05) is 41.5 Å². The Morgan fingerprint density at radius 3 is 1.34 bits per heavy atom. The van der Waals surface area contributed by atoms with Gasteiger partial charge in [-0.15, -0.1) is 50.3 Å². The third kappa shape index (κ3) is 26.7. The number of nitrogens with zero attached hydrogens (tertiary/aromatic N) is 3. The van der Waals surface area contributed by atoms with E-state index in [1.54, 1.807) is 52.5 Å². The largest absolute Gasteiger partial charge is 0.346 e. The topological polar surface area (TPSA) is 356 Å². The van der Waals surface area contributed by atoms with Gasteiger partial charge in [0.25, 0.3) is 11.8 Å². The molecule has 2 aliphatic heterocycles. The zero-order valence-electron chi connectivity index (χ0n) is 62.3. The van der Waals surface area contributed by atoms with Gasteiger partial charge >= 0.3 is 6.03 Å². The summed E-state index contributed by atoms with van der Waals surface area (Å²) in [6, 6.07) is -6.29. The number of isocyanates is 1. The number of hydrogen-bond acceptors (Lipinski definition) is 16. The highest BCUT2D eigenvalue weighted by atomic mass is 35.5. The second-order valence-electron chi connectivity index (χ2n) is 31.7. The molecule has 4 saturated carbocycles. The van der Waals surface area contributed by atoms with Crippen molar-refractivity contribution in [3.63, 3.8) is 0 Å². The van der Waals surface area contributed by atoms with Crippen LogP contribution in [0.15, 0.2) is 30.3 Å². The van der Waals surface area contributed by atoms with Crippen molar-refractivity contribution in [3.05, 3.63) is 25.3 Å². The number of rotatable bonds is 25. The van der Waals surface area contributed by atoms with Crippen LogP contribution >= 0.6 is 12.4 Å². The standard InChI is InChI=1S/C36H57N5O7S.C24H36N4O4.C12H21NO3S.ClH.F2.2FH/c1-9-11-18-26(28(42)31(44)37-21-10-2)38-30(43)27-25-17-15-16-24(25)22-41(27)32(45)29(34(3,4)5)39-33(46)40-36(19-13-12-14-20-36)23-49(47,48)35(6,7)8;1-6-8-12-17(19(29)22(31)26-13-7-2)27-21(30)18-16-11-9-10-15(16)14-28(18)23(32)20(25)24(3,4)5;1-11(2,3)17(15,16)9-12(13-10-14)7-5-4-6-8-12;;1-2;;/h1,10,24-27,29H,2,11-23H2,3-8H3,(H,37,44)(H,38,43)(H2,39,40,46);1,7,15-18,20H,2,8-14,25H2,3-5H3,(H,26,31)(H,27,30);4-9H2,1-3H3;1H;;2*1H/t24-,25-,26?,27-,29+;15-,16-,17?,18-,20+;;;;;/m00...../s1. The van der Waals surface area contributed by atoms with Crippen LogP contribution in [0.1, 0.15) is 212 Å². The van der Waals surface area contributed by atoms with Gasteiger partial charge < -0.3 is 47.4 Å². The van der Waals surface area contributed by atoms with E-state index < -0.39 is 134 Å². The fraction of sp³-hybridized carbons (Fsp3) is 0.750. The number of likely N-dealkylation sites (tertiary alicyclic amines) is 2. The average Bonchev–Trinajstić information content (AvgIpc) is 1.66. The fourth-order valence-corrected chi connectivity index (χ4v) is 17.1. The molecule has 6 rings (SSSR count). The first-order valence-corrected chi connectivity index (χ1v) is 38.3. The maximum absolute atomic E-state index is 14.5. The van der Waals surface area contributed by atoms with Crippen molar-refractivity contribution in [3.8, 4) is 24.7 Å². The van der Waals surface area contributed by atoms with E-state index in [4.69, 9.17) is 27.7 Å². The van der Waals surface area contributed by atoms with Gasteiger partial charge in [0.15, 0.2) is 19.7 Å². The maximum atomic E-state index is 14.5. The Morgan fingerprint density at radius 1 is 0.592 bits per heavy atom. The number of amides is 8. The number of aliphatic imine (C=N–C) groups is 1. The molecule has 0 aromatic carbocycles. The van der Waals surface area contributed by atoms with E-state index >= 15 is 0 Å². The minimum absolute atomic E-state index is 0. The van der Waals surface area contributed by atoms with Crippen molar-refractivity contribution < 1.29 is 83.3 Å². The van der Waals surface area contributed by atoms with E-state index in [2.05, 4.69) is 61.9 Å². The molecule has 2 unspecified atom stereocenters. The summed E-state index contributed by atoms with van der Waals surface area (Å²) in [5, 5.41) is 16.2. The molecule has 2 saturated heterocycles. The summed E-state index contributed by atoms with van der Waals surface area (Å²) in [6.45, 7) is 29.2. The zero-order chi connectivity index (χ0) is 76.0. The number of Topliss-reactive ketones (excluding diaryl/α,β-unsaturated/α-hetero) is 2. The second-order valence-corrected chi connectivity index (χ2v) is 37.2. The molecular weight excluding hydrogens is 1400 g/mol. The Balaban J connectivity index is 0.00000165. The van der Waals surface area contributed by atoms with Crippen LogP contribution < -0.4 is 37.6 Å². The van der Waals surface area contributed by atoms with Crippen LogP contribution in [0.4, 0.5) is 23.4 Å². The first-order valence-electron chi connectivity index (χ1n) is 35.0. The third-order valence-corrected chi connectivity index (χ3v) is 25.8. The molecule has 2 heterocycles. The monoisotopic (exact) mass is 1520 g/mol. The lowest BCUT2D eigenvalue weighted by Crippen LogP contribution is -2.64. The lowest BCUT2D eigenvalue weighted by Gasteiger charge is -2.41. The molecular formula is C72H117ClF4N10O14S2. The molecule has 0 spiro atoms. The summed E-state index contributed by atoms with van der Waals surface area (Å²) in [5.41, 5.74) is 3.31. The van der Waals surface area contributed by atoms with Crippen molar-refractivity contribution in [2.45, 2.75) is 268 Å². The molecule has 586 valence electrons. The highest BCUT2D eigenvalue weighted by Crippen LogP contribution is 2.45. The molecule has 0 aromatic rings. The summed E-state index contributed by atoms with van der Waals surface area (Å²) in [4.78, 5) is 137. The predicted molar refractivity (Wildman–Crippen MR) is 393 cm³/mol. The van der Waals surface area contributed by atoms with Crippen LogP contribution in [0, 0.1) is 59.2 Å². The van der Waals surface area contributed by atoms with Gasteiger partial charge in [0.2, 0.25) is 41.3 Å². The van der Waals surface area contributed by atoms with Gasteiger partial charge in [-0.2, -0.15) is 4.99 Å². The normalized spacial score (nSPS) is 22.0. The molecule has 0 aromatic heterocycles. The number of carbonyl (C=O) groups is 9.